The minimum atomic E-state index is -3.42. The maximum absolute atomic E-state index is 12.8. The smallest absolute Gasteiger partial charge is 0.427 e. The average molecular weight is 350 g/mol. The Morgan fingerprint density at radius 1 is 0.708 bits per heavy atom. The molecule has 0 fully saturated rings. The first-order valence-corrected chi connectivity index (χ1v) is 9.61. The van der Waals surface area contributed by atoms with Crippen LogP contribution in [-0.2, 0) is 9.30 Å². The first kappa shape index (κ1) is 16.7. The fourth-order valence-corrected chi connectivity index (χ4v) is 3.24. The van der Waals surface area contributed by atoms with Gasteiger partial charge in [-0.15, -0.1) is 0 Å². The van der Waals surface area contributed by atoms with Crippen LogP contribution < -0.4 is 18.5 Å². The van der Waals surface area contributed by atoms with Gasteiger partial charge in [0, 0.05) is 0 Å². The van der Waals surface area contributed by atoms with Gasteiger partial charge in [-0.05, 0) is 24.3 Å². The molecular weight excluding hydrogens is 331 g/mol. The normalized spacial score (nSPS) is 17.5. The number of rotatable bonds is 0. The van der Waals surface area contributed by atoms with E-state index in [0.717, 1.165) is 0 Å². The lowest BCUT2D eigenvalue weighted by Gasteiger charge is -2.20. The Balaban J connectivity index is 1.89. The number of hydrogen-bond donors (Lipinski definition) is 0. The van der Waals surface area contributed by atoms with E-state index in [4.69, 9.17) is 23.3 Å². The molecule has 0 radical (unpaired) electrons. The zero-order valence-corrected chi connectivity index (χ0v) is 14.2. The predicted molar refractivity (Wildman–Crippen MR) is 89.5 cm³/mol. The molecule has 1 aliphatic rings. The average Bonchev–Trinajstić information content (AvgIpc) is 2.55. The van der Waals surface area contributed by atoms with E-state index in [1.165, 1.54) is 6.66 Å². The summed E-state index contributed by atoms with van der Waals surface area (Å²) in [5.41, 5.74) is 0. The van der Waals surface area contributed by atoms with Crippen molar-refractivity contribution >= 4 is 7.60 Å². The summed E-state index contributed by atoms with van der Waals surface area (Å²) in [6.45, 7) is 2.95. The third-order valence-corrected chi connectivity index (χ3v) is 4.25. The van der Waals surface area contributed by atoms with E-state index in [0.29, 0.717) is 49.4 Å². The van der Waals surface area contributed by atoms with Gasteiger partial charge in [0.15, 0.2) is 23.0 Å². The van der Waals surface area contributed by atoms with E-state index in [1.807, 2.05) is 12.1 Å². The lowest BCUT2D eigenvalue weighted by Crippen LogP contribution is -2.13. The summed E-state index contributed by atoms with van der Waals surface area (Å²) < 4.78 is 40.7. The van der Waals surface area contributed by atoms with Crippen LogP contribution in [0.15, 0.2) is 48.5 Å². The first-order chi connectivity index (χ1) is 11.6. The molecule has 6 nitrogen and oxygen atoms in total. The van der Waals surface area contributed by atoms with Gasteiger partial charge in [0.1, 0.15) is 13.2 Å². The van der Waals surface area contributed by atoms with Crippen LogP contribution in [0.25, 0.3) is 0 Å². The molecule has 0 unspecified atom stereocenters. The molecule has 0 amide bonds. The minimum absolute atomic E-state index is 0.353. The van der Waals surface area contributed by atoms with E-state index in [-0.39, 0.29) is 0 Å². The molecule has 0 aliphatic carbocycles. The maximum Gasteiger partial charge on any atom is 0.427 e. The highest BCUT2D eigenvalue weighted by atomic mass is 31.2. The molecule has 1 aliphatic heterocycles. The summed E-state index contributed by atoms with van der Waals surface area (Å²) in [5, 5.41) is 0. The van der Waals surface area contributed by atoms with E-state index < -0.39 is 7.60 Å². The van der Waals surface area contributed by atoms with Crippen LogP contribution >= 0.6 is 7.60 Å². The van der Waals surface area contributed by atoms with Gasteiger partial charge in [-0.1, -0.05) is 24.3 Å². The molecule has 24 heavy (non-hydrogen) atoms. The monoisotopic (exact) mass is 350 g/mol. The standard InChI is InChI=1S/C17H19O6P/c1-24(18)22-16-8-4-2-6-14(16)20-12-10-19-11-13-21-15-7-3-5-9-17(15)23-24/h2-9H,10-13H2,1H3. The molecule has 0 saturated heterocycles. The highest BCUT2D eigenvalue weighted by molar-refractivity contribution is 7.53. The molecule has 0 atom stereocenters. The topological polar surface area (TPSA) is 63.2 Å². The van der Waals surface area contributed by atoms with Crippen molar-refractivity contribution < 1.29 is 27.8 Å². The largest absolute Gasteiger partial charge is 0.487 e. The van der Waals surface area contributed by atoms with Gasteiger partial charge in [-0.3, -0.25) is 0 Å². The highest BCUT2D eigenvalue weighted by Gasteiger charge is 2.24. The van der Waals surface area contributed by atoms with Gasteiger partial charge in [-0.2, -0.15) is 0 Å². The molecule has 2 aromatic carbocycles. The number of fused-ring (bicyclic) bond motifs is 2. The summed E-state index contributed by atoms with van der Waals surface area (Å²) in [6.07, 6.45) is 0. The van der Waals surface area contributed by atoms with Crippen molar-refractivity contribution in [1.29, 1.82) is 0 Å². The molecule has 0 spiro atoms. The molecular formula is C17H19O6P. The van der Waals surface area contributed by atoms with E-state index in [1.54, 1.807) is 36.4 Å². The molecule has 128 valence electrons. The second-order valence-corrected chi connectivity index (χ2v) is 7.06. The van der Waals surface area contributed by atoms with Crippen molar-refractivity contribution in [1.82, 2.24) is 0 Å². The number of ether oxygens (including phenoxy) is 3. The van der Waals surface area contributed by atoms with Crippen LogP contribution in [0.3, 0.4) is 0 Å². The molecule has 0 N–H and O–H groups in total. The van der Waals surface area contributed by atoms with E-state index in [2.05, 4.69) is 0 Å². The van der Waals surface area contributed by atoms with Crippen molar-refractivity contribution in [3.05, 3.63) is 48.5 Å². The van der Waals surface area contributed by atoms with Crippen LogP contribution in [0.4, 0.5) is 0 Å². The van der Waals surface area contributed by atoms with Gasteiger partial charge in [0.25, 0.3) is 0 Å². The van der Waals surface area contributed by atoms with Crippen LogP contribution in [0.1, 0.15) is 0 Å². The quantitative estimate of drug-likeness (QED) is 0.674. The summed E-state index contributed by atoms with van der Waals surface area (Å²) in [6, 6.07) is 14.1. The van der Waals surface area contributed by atoms with Gasteiger partial charge in [0.2, 0.25) is 0 Å². The van der Waals surface area contributed by atoms with Crippen molar-refractivity contribution in [3.8, 4) is 23.0 Å². The maximum atomic E-state index is 12.8. The fraction of sp³-hybridized carbons (Fsp3) is 0.294. The zero-order valence-electron chi connectivity index (χ0n) is 13.3. The van der Waals surface area contributed by atoms with E-state index in [9.17, 15) is 4.57 Å². The van der Waals surface area contributed by atoms with Crippen molar-refractivity contribution in [3.63, 3.8) is 0 Å². The Morgan fingerprint density at radius 3 is 1.58 bits per heavy atom. The van der Waals surface area contributed by atoms with Crippen LogP contribution in [-0.4, -0.2) is 33.1 Å². The van der Waals surface area contributed by atoms with E-state index >= 15 is 0 Å². The van der Waals surface area contributed by atoms with Crippen LogP contribution in [0.2, 0.25) is 0 Å². The van der Waals surface area contributed by atoms with Gasteiger partial charge in [0.05, 0.1) is 19.9 Å². The third-order valence-electron chi connectivity index (χ3n) is 3.20. The Kier molecular flexibility index (Phi) is 5.28. The molecule has 0 saturated carbocycles. The molecule has 0 aromatic heterocycles. The van der Waals surface area contributed by atoms with Crippen molar-refractivity contribution in [2.24, 2.45) is 0 Å². The summed E-state index contributed by atoms with van der Waals surface area (Å²) in [4.78, 5) is 0. The zero-order chi connectivity index (χ0) is 16.8. The second-order valence-electron chi connectivity index (χ2n) is 5.16. The summed E-state index contributed by atoms with van der Waals surface area (Å²) in [7, 11) is -3.42. The summed E-state index contributed by atoms with van der Waals surface area (Å²) >= 11 is 0. The first-order valence-electron chi connectivity index (χ1n) is 7.62. The SMILES string of the molecule is CP1(=O)Oc2ccccc2OCCOCCOc2ccccc2O1. The molecule has 0 bridgehead atoms. The summed E-state index contributed by atoms with van der Waals surface area (Å²) in [5.74, 6) is 1.71. The third kappa shape index (κ3) is 4.43. The van der Waals surface area contributed by atoms with Gasteiger partial charge >= 0.3 is 7.60 Å². The van der Waals surface area contributed by atoms with Gasteiger partial charge < -0.3 is 23.3 Å². The Hall–Kier alpha value is -2.17. The van der Waals surface area contributed by atoms with Crippen LogP contribution in [0.5, 0.6) is 23.0 Å². The van der Waals surface area contributed by atoms with Gasteiger partial charge in [-0.25, -0.2) is 4.57 Å². The lowest BCUT2D eigenvalue weighted by atomic mass is 10.3. The molecule has 3 rings (SSSR count). The molecule has 1 heterocycles. The minimum Gasteiger partial charge on any atom is -0.487 e. The number of para-hydroxylation sites is 4. The predicted octanol–water partition coefficient (Wildman–Crippen LogP) is 3.76. The number of hydrogen-bond acceptors (Lipinski definition) is 6. The van der Waals surface area contributed by atoms with Crippen LogP contribution in [0, 0.1) is 0 Å². The van der Waals surface area contributed by atoms with Crippen molar-refractivity contribution in [2.75, 3.05) is 33.1 Å². The Morgan fingerprint density at radius 2 is 1.12 bits per heavy atom. The molecule has 2 aromatic rings. The lowest BCUT2D eigenvalue weighted by molar-refractivity contribution is 0.0751. The van der Waals surface area contributed by atoms with Crippen molar-refractivity contribution in [2.45, 2.75) is 0 Å². The molecule has 7 heteroatoms. The Bertz CT molecular complexity index is 675. The second kappa shape index (κ2) is 7.60. The number of benzene rings is 2. The fourth-order valence-electron chi connectivity index (χ4n) is 2.19. The Labute approximate surface area is 140 Å². The highest BCUT2D eigenvalue weighted by Crippen LogP contribution is 2.49.